The first-order valence-electron chi connectivity index (χ1n) is 5.42. The second-order valence-corrected chi connectivity index (χ2v) is 3.83. The molecule has 1 aliphatic heterocycles. The van der Waals surface area contributed by atoms with Crippen molar-refractivity contribution in [2.24, 2.45) is 5.73 Å². The number of carbonyl (C=O) groups excluding carboxylic acids is 1. The SMILES string of the molecule is COC(=O)CCC(N)c1ccc2c(c1)OCO2. The van der Waals surface area contributed by atoms with Gasteiger partial charge in [0.05, 0.1) is 7.11 Å². The second-order valence-electron chi connectivity index (χ2n) is 3.83. The summed E-state index contributed by atoms with van der Waals surface area (Å²) in [4.78, 5) is 11.0. The largest absolute Gasteiger partial charge is 0.469 e. The molecule has 1 aliphatic rings. The summed E-state index contributed by atoms with van der Waals surface area (Å²) in [6.07, 6.45) is 0.860. The van der Waals surface area contributed by atoms with E-state index in [9.17, 15) is 4.79 Å². The molecule has 0 aliphatic carbocycles. The lowest BCUT2D eigenvalue weighted by atomic mass is 10.0. The summed E-state index contributed by atoms with van der Waals surface area (Å²) in [6.45, 7) is 0.246. The van der Waals surface area contributed by atoms with Crippen LogP contribution in [0.4, 0.5) is 0 Å². The van der Waals surface area contributed by atoms with E-state index in [1.165, 1.54) is 7.11 Å². The van der Waals surface area contributed by atoms with E-state index in [4.69, 9.17) is 15.2 Å². The van der Waals surface area contributed by atoms with Crippen LogP contribution in [0.2, 0.25) is 0 Å². The Labute approximate surface area is 99.5 Å². The van der Waals surface area contributed by atoms with Gasteiger partial charge in [-0.25, -0.2) is 0 Å². The zero-order valence-corrected chi connectivity index (χ0v) is 9.64. The van der Waals surface area contributed by atoms with Crippen LogP contribution < -0.4 is 15.2 Å². The van der Waals surface area contributed by atoms with Gasteiger partial charge in [0.2, 0.25) is 6.79 Å². The van der Waals surface area contributed by atoms with Gasteiger partial charge in [0.15, 0.2) is 11.5 Å². The maximum atomic E-state index is 11.0. The molecule has 1 aromatic rings. The lowest BCUT2D eigenvalue weighted by molar-refractivity contribution is -0.140. The van der Waals surface area contributed by atoms with Crippen molar-refractivity contribution in [1.29, 1.82) is 0 Å². The van der Waals surface area contributed by atoms with Crippen molar-refractivity contribution >= 4 is 5.97 Å². The summed E-state index contributed by atoms with van der Waals surface area (Å²) in [7, 11) is 1.37. The highest BCUT2D eigenvalue weighted by Gasteiger charge is 2.16. The standard InChI is InChI=1S/C12H15NO4/c1-15-12(14)5-3-9(13)8-2-4-10-11(6-8)17-7-16-10/h2,4,6,9H,3,5,7,13H2,1H3. The number of methoxy groups -OCH3 is 1. The maximum Gasteiger partial charge on any atom is 0.305 e. The van der Waals surface area contributed by atoms with Crippen molar-refractivity contribution in [2.75, 3.05) is 13.9 Å². The first kappa shape index (κ1) is 11.7. The summed E-state index contributed by atoms with van der Waals surface area (Å²) in [5, 5.41) is 0. The van der Waals surface area contributed by atoms with Crippen LogP contribution >= 0.6 is 0 Å². The Hall–Kier alpha value is -1.75. The molecule has 1 heterocycles. The van der Waals surface area contributed by atoms with E-state index in [1.807, 2.05) is 18.2 Å². The molecular weight excluding hydrogens is 222 g/mol. The average molecular weight is 237 g/mol. The van der Waals surface area contributed by atoms with Crippen molar-refractivity contribution < 1.29 is 19.0 Å². The molecule has 92 valence electrons. The number of benzene rings is 1. The molecule has 1 unspecified atom stereocenters. The van der Waals surface area contributed by atoms with Crippen LogP contribution in [0.25, 0.3) is 0 Å². The van der Waals surface area contributed by atoms with Gasteiger partial charge in [0, 0.05) is 12.5 Å². The molecule has 0 fully saturated rings. The van der Waals surface area contributed by atoms with E-state index >= 15 is 0 Å². The van der Waals surface area contributed by atoms with Crippen molar-refractivity contribution in [2.45, 2.75) is 18.9 Å². The van der Waals surface area contributed by atoms with Crippen LogP contribution in [-0.2, 0) is 9.53 Å². The Morgan fingerprint density at radius 1 is 1.47 bits per heavy atom. The van der Waals surface area contributed by atoms with Gasteiger partial charge in [-0.1, -0.05) is 6.07 Å². The molecule has 0 amide bonds. The summed E-state index contributed by atoms with van der Waals surface area (Å²) < 4.78 is 15.0. The lowest BCUT2D eigenvalue weighted by Crippen LogP contribution is -2.13. The molecule has 0 bridgehead atoms. The molecule has 2 N–H and O–H groups in total. The molecule has 5 nitrogen and oxygen atoms in total. The third-order valence-corrected chi connectivity index (χ3v) is 2.71. The summed E-state index contributed by atoms with van der Waals surface area (Å²) in [5.74, 6) is 1.19. The summed E-state index contributed by atoms with van der Waals surface area (Å²) in [5.41, 5.74) is 6.92. The van der Waals surface area contributed by atoms with Crippen LogP contribution in [0, 0.1) is 0 Å². The summed E-state index contributed by atoms with van der Waals surface area (Å²) >= 11 is 0. The highest BCUT2D eigenvalue weighted by molar-refractivity contribution is 5.69. The topological polar surface area (TPSA) is 70.8 Å². The normalized spacial score (nSPS) is 14.5. The van der Waals surface area contributed by atoms with Gasteiger partial charge in [-0.2, -0.15) is 0 Å². The van der Waals surface area contributed by atoms with E-state index in [2.05, 4.69) is 4.74 Å². The summed E-state index contributed by atoms with van der Waals surface area (Å²) in [6, 6.07) is 5.36. The Bertz CT molecular complexity index is 419. The van der Waals surface area contributed by atoms with Gasteiger partial charge in [0.1, 0.15) is 0 Å². The molecule has 0 saturated carbocycles. The van der Waals surface area contributed by atoms with E-state index in [-0.39, 0.29) is 18.8 Å². The first-order chi connectivity index (χ1) is 8.20. The fourth-order valence-corrected chi connectivity index (χ4v) is 1.69. The number of esters is 1. The zero-order valence-electron chi connectivity index (χ0n) is 9.64. The Kier molecular flexibility index (Phi) is 3.49. The predicted molar refractivity (Wildman–Crippen MR) is 60.7 cm³/mol. The minimum absolute atomic E-state index is 0.205. The second kappa shape index (κ2) is 5.05. The van der Waals surface area contributed by atoms with Gasteiger partial charge in [-0.15, -0.1) is 0 Å². The van der Waals surface area contributed by atoms with Gasteiger partial charge in [-0.05, 0) is 24.1 Å². The highest BCUT2D eigenvalue weighted by atomic mass is 16.7. The molecule has 5 heteroatoms. The number of carbonyl (C=O) groups is 1. The molecule has 0 aromatic heterocycles. The molecule has 1 atom stereocenters. The minimum Gasteiger partial charge on any atom is -0.469 e. The smallest absolute Gasteiger partial charge is 0.305 e. The Morgan fingerprint density at radius 3 is 3.00 bits per heavy atom. The van der Waals surface area contributed by atoms with E-state index in [1.54, 1.807) is 0 Å². The van der Waals surface area contributed by atoms with Crippen molar-refractivity contribution in [3.63, 3.8) is 0 Å². The third kappa shape index (κ3) is 2.68. The number of fused-ring (bicyclic) bond motifs is 1. The van der Waals surface area contributed by atoms with Gasteiger partial charge >= 0.3 is 5.97 Å². The van der Waals surface area contributed by atoms with Gasteiger partial charge in [-0.3, -0.25) is 4.79 Å². The maximum absolute atomic E-state index is 11.0. The van der Waals surface area contributed by atoms with Crippen molar-refractivity contribution in [3.05, 3.63) is 23.8 Å². The zero-order chi connectivity index (χ0) is 12.3. The number of nitrogens with two attached hydrogens (primary N) is 1. The molecule has 17 heavy (non-hydrogen) atoms. The quantitative estimate of drug-likeness (QED) is 0.801. The Balaban J connectivity index is 1.99. The predicted octanol–water partition coefficient (Wildman–Crippen LogP) is 1.37. The third-order valence-electron chi connectivity index (χ3n) is 2.71. The number of rotatable bonds is 4. The van der Waals surface area contributed by atoms with Crippen LogP contribution in [0.3, 0.4) is 0 Å². The van der Waals surface area contributed by atoms with Crippen LogP contribution in [0.15, 0.2) is 18.2 Å². The number of ether oxygens (including phenoxy) is 3. The monoisotopic (exact) mass is 237 g/mol. The first-order valence-corrected chi connectivity index (χ1v) is 5.42. The molecular formula is C12H15NO4. The fraction of sp³-hybridized carbons (Fsp3) is 0.417. The Morgan fingerprint density at radius 2 is 2.24 bits per heavy atom. The molecule has 0 saturated heterocycles. The molecule has 0 radical (unpaired) electrons. The molecule has 0 spiro atoms. The highest BCUT2D eigenvalue weighted by Crippen LogP contribution is 2.34. The number of hydrogen-bond donors (Lipinski definition) is 1. The lowest BCUT2D eigenvalue weighted by Gasteiger charge is -2.11. The average Bonchev–Trinajstić information content (AvgIpc) is 2.82. The van der Waals surface area contributed by atoms with Crippen molar-refractivity contribution in [1.82, 2.24) is 0 Å². The van der Waals surface area contributed by atoms with E-state index in [0.717, 1.165) is 11.3 Å². The molecule has 1 aromatic carbocycles. The number of hydrogen-bond acceptors (Lipinski definition) is 5. The molecule has 2 rings (SSSR count). The van der Waals surface area contributed by atoms with Gasteiger partial charge < -0.3 is 19.9 Å². The van der Waals surface area contributed by atoms with Crippen LogP contribution in [0.1, 0.15) is 24.4 Å². The van der Waals surface area contributed by atoms with Gasteiger partial charge in [0.25, 0.3) is 0 Å². The van der Waals surface area contributed by atoms with Crippen molar-refractivity contribution in [3.8, 4) is 11.5 Å². The van der Waals surface area contributed by atoms with E-state index < -0.39 is 0 Å². The van der Waals surface area contributed by atoms with E-state index in [0.29, 0.717) is 18.6 Å². The minimum atomic E-state index is -0.249. The van der Waals surface area contributed by atoms with Crippen LogP contribution in [0.5, 0.6) is 11.5 Å². The fourth-order valence-electron chi connectivity index (χ4n) is 1.69. The van der Waals surface area contributed by atoms with Crippen LogP contribution in [-0.4, -0.2) is 19.9 Å².